The number of rotatable bonds is 12. The number of nitrogens with two attached hydrogens (primary N) is 1. The Bertz CT molecular complexity index is 745. The number of methoxy groups -OCH3 is 1. The smallest absolute Gasteiger partial charge is 0.493 e. The lowest BCUT2D eigenvalue weighted by Gasteiger charge is -2.13. The molecule has 0 heterocycles. The summed E-state index contributed by atoms with van der Waals surface area (Å²) in [7, 11) is 1.43. The highest BCUT2D eigenvalue weighted by Gasteiger charge is 2.18. The Hall–Kier alpha value is -3.03. The van der Waals surface area contributed by atoms with E-state index in [4.69, 9.17) is 19.9 Å². The monoisotopic (exact) mass is 420 g/mol. The predicted molar refractivity (Wildman–Crippen MR) is 113 cm³/mol. The molecule has 1 rings (SSSR count). The Morgan fingerprint density at radius 2 is 1.87 bits per heavy atom. The third-order valence-electron chi connectivity index (χ3n) is 4.13. The lowest BCUT2D eigenvalue weighted by molar-refractivity contribution is -0.126. The summed E-state index contributed by atoms with van der Waals surface area (Å²) < 4.78 is 15.0. The minimum absolute atomic E-state index is 0.0221. The summed E-state index contributed by atoms with van der Waals surface area (Å²) in [5, 5.41) is 2.86. The van der Waals surface area contributed by atoms with Gasteiger partial charge in [-0.05, 0) is 49.8 Å². The van der Waals surface area contributed by atoms with Crippen LogP contribution in [0.1, 0.15) is 52.0 Å². The minimum Gasteiger partial charge on any atom is -0.493 e. The molecule has 8 heteroatoms. The van der Waals surface area contributed by atoms with Crippen molar-refractivity contribution in [2.45, 2.75) is 59.1 Å². The van der Waals surface area contributed by atoms with Crippen LogP contribution in [0.4, 0.5) is 4.79 Å². The van der Waals surface area contributed by atoms with Gasteiger partial charge in [0.2, 0.25) is 5.91 Å². The van der Waals surface area contributed by atoms with Crippen LogP contribution < -0.4 is 20.5 Å². The average molecular weight is 421 g/mol. The van der Waals surface area contributed by atoms with Gasteiger partial charge in [0.1, 0.15) is 0 Å². The van der Waals surface area contributed by atoms with Crippen molar-refractivity contribution in [3.8, 4) is 11.5 Å². The van der Waals surface area contributed by atoms with Gasteiger partial charge in [0.15, 0.2) is 17.6 Å². The second-order valence-electron chi connectivity index (χ2n) is 7.19. The van der Waals surface area contributed by atoms with E-state index in [-0.39, 0.29) is 11.7 Å². The molecule has 0 saturated carbocycles. The van der Waals surface area contributed by atoms with Crippen molar-refractivity contribution in [3.63, 3.8) is 0 Å². The van der Waals surface area contributed by atoms with Gasteiger partial charge in [-0.15, -0.1) is 0 Å². The Morgan fingerprint density at radius 3 is 2.50 bits per heavy atom. The molecule has 0 aliphatic rings. The average Bonchev–Trinajstić information content (AvgIpc) is 2.69. The fraction of sp³-hybridized carbons (Fsp3) is 0.500. The van der Waals surface area contributed by atoms with Crippen LogP contribution in [0.2, 0.25) is 0 Å². The number of benzene rings is 1. The lowest BCUT2D eigenvalue weighted by atomic mass is 10.1. The van der Waals surface area contributed by atoms with Crippen LogP contribution in [-0.4, -0.2) is 31.2 Å². The van der Waals surface area contributed by atoms with E-state index in [0.29, 0.717) is 24.6 Å². The number of carbonyl (C=O) groups is 3. The predicted octanol–water partition coefficient (Wildman–Crippen LogP) is 3.47. The highest BCUT2D eigenvalue weighted by molar-refractivity contribution is 5.81. The maximum atomic E-state index is 12.0. The summed E-state index contributed by atoms with van der Waals surface area (Å²) in [4.78, 5) is 34.7. The molecule has 0 saturated heterocycles. The third kappa shape index (κ3) is 9.95. The summed E-state index contributed by atoms with van der Waals surface area (Å²) in [5.74, 6) is 0.167. The van der Waals surface area contributed by atoms with Crippen molar-refractivity contribution in [1.29, 1.82) is 0 Å². The molecule has 0 bridgehead atoms. The van der Waals surface area contributed by atoms with Gasteiger partial charge in [-0.25, -0.2) is 4.79 Å². The van der Waals surface area contributed by atoms with Crippen molar-refractivity contribution in [2.75, 3.05) is 7.11 Å². The van der Waals surface area contributed by atoms with E-state index >= 15 is 0 Å². The van der Waals surface area contributed by atoms with Gasteiger partial charge >= 0.3 is 6.16 Å². The van der Waals surface area contributed by atoms with Crippen LogP contribution in [0.5, 0.6) is 11.5 Å². The van der Waals surface area contributed by atoms with Crippen LogP contribution in [-0.2, 0) is 20.9 Å². The summed E-state index contributed by atoms with van der Waals surface area (Å²) in [5.41, 5.74) is 5.82. The minimum atomic E-state index is -1.11. The molecule has 1 aromatic rings. The van der Waals surface area contributed by atoms with Crippen LogP contribution in [0.3, 0.4) is 0 Å². The molecule has 0 radical (unpaired) electrons. The Labute approximate surface area is 177 Å². The number of unbranched alkanes of at least 4 members (excludes halogenated alkanes) is 2. The van der Waals surface area contributed by atoms with Crippen molar-refractivity contribution in [2.24, 2.45) is 11.7 Å². The first-order valence-electron chi connectivity index (χ1n) is 10.0. The van der Waals surface area contributed by atoms with Gasteiger partial charge in [-0.2, -0.15) is 0 Å². The second-order valence-corrected chi connectivity index (χ2v) is 7.19. The fourth-order valence-corrected chi connectivity index (χ4v) is 2.43. The molecule has 0 aliphatic heterocycles. The Balaban J connectivity index is 2.47. The maximum absolute atomic E-state index is 12.0. The molecule has 0 fully saturated rings. The standard InChI is InChI=1S/C22H32N2O6/c1-15(2)9-7-5-6-8-10-20(25)24-14-17-11-12-18(19(13-17)28-4)30-22(27)29-16(3)21(23)26/h7,9,11-13,15-16H,5-6,8,10,14H2,1-4H3,(H2,23,26)(H,24,25). The van der Waals surface area contributed by atoms with E-state index in [2.05, 4.69) is 31.3 Å². The van der Waals surface area contributed by atoms with Gasteiger partial charge in [-0.3, -0.25) is 9.59 Å². The largest absolute Gasteiger partial charge is 0.514 e. The van der Waals surface area contributed by atoms with Crippen LogP contribution in [0, 0.1) is 5.92 Å². The quantitative estimate of drug-likeness (QED) is 0.231. The SMILES string of the molecule is COc1cc(CNC(=O)CCCCC=CC(C)C)ccc1OC(=O)OC(C)C(N)=O. The first-order chi connectivity index (χ1) is 14.2. The number of hydrogen-bond donors (Lipinski definition) is 2. The van der Waals surface area contributed by atoms with Gasteiger partial charge in [0.05, 0.1) is 7.11 Å². The highest BCUT2D eigenvalue weighted by atomic mass is 16.7. The number of nitrogens with one attached hydrogen (secondary N) is 1. The molecule has 1 unspecified atom stereocenters. The first kappa shape index (κ1) is 25.0. The highest BCUT2D eigenvalue weighted by Crippen LogP contribution is 2.28. The van der Waals surface area contributed by atoms with Gasteiger partial charge in [0, 0.05) is 13.0 Å². The zero-order valence-electron chi connectivity index (χ0n) is 18.1. The molecule has 30 heavy (non-hydrogen) atoms. The van der Waals surface area contributed by atoms with Gasteiger partial charge < -0.3 is 25.3 Å². The Morgan fingerprint density at radius 1 is 1.13 bits per heavy atom. The van der Waals surface area contributed by atoms with E-state index in [1.165, 1.54) is 20.1 Å². The topological polar surface area (TPSA) is 117 Å². The molecule has 166 valence electrons. The molecule has 0 spiro atoms. The van der Waals surface area contributed by atoms with Crippen molar-refractivity contribution >= 4 is 18.0 Å². The zero-order chi connectivity index (χ0) is 22.5. The van der Waals surface area contributed by atoms with Crippen LogP contribution >= 0.6 is 0 Å². The fourth-order valence-electron chi connectivity index (χ4n) is 2.43. The molecule has 1 atom stereocenters. The Kier molecular flexibility index (Phi) is 11.0. The second kappa shape index (κ2) is 13.2. The normalized spacial score (nSPS) is 11.9. The van der Waals surface area contributed by atoms with E-state index < -0.39 is 18.2 Å². The van der Waals surface area contributed by atoms with Crippen molar-refractivity contribution in [3.05, 3.63) is 35.9 Å². The summed E-state index contributed by atoms with van der Waals surface area (Å²) >= 11 is 0. The number of carbonyl (C=O) groups excluding carboxylic acids is 3. The first-order valence-corrected chi connectivity index (χ1v) is 10.0. The molecule has 2 amide bonds. The van der Waals surface area contributed by atoms with Gasteiger partial charge in [-0.1, -0.05) is 32.1 Å². The van der Waals surface area contributed by atoms with E-state index in [0.717, 1.165) is 24.8 Å². The number of amides is 2. The number of ether oxygens (including phenoxy) is 3. The summed E-state index contributed by atoms with van der Waals surface area (Å²) in [6, 6.07) is 4.87. The van der Waals surface area contributed by atoms with E-state index in [1.54, 1.807) is 12.1 Å². The number of hydrogen-bond acceptors (Lipinski definition) is 6. The van der Waals surface area contributed by atoms with Crippen LogP contribution in [0.25, 0.3) is 0 Å². The molecule has 0 aliphatic carbocycles. The van der Waals surface area contributed by atoms with Gasteiger partial charge in [0.25, 0.3) is 5.91 Å². The number of primary amides is 1. The zero-order valence-corrected chi connectivity index (χ0v) is 18.1. The molecule has 8 nitrogen and oxygen atoms in total. The van der Waals surface area contributed by atoms with Crippen LogP contribution in [0.15, 0.2) is 30.4 Å². The molecule has 3 N–H and O–H groups in total. The van der Waals surface area contributed by atoms with E-state index in [1.807, 2.05) is 0 Å². The summed E-state index contributed by atoms with van der Waals surface area (Å²) in [6.45, 7) is 5.93. The maximum Gasteiger partial charge on any atom is 0.514 e. The molecule has 0 aromatic heterocycles. The number of allylic oxidation sites excluding steroid dienone is 2. The van der Waals surface area contributed by atoms with Crippen molar-refractivity contribution < 1.29 is 28.6 Å². The molecule has 1 aromatic carbocycles. The summed E-state index contributed by atoms with van der Waals surface area (Å²) in [6.07, 6.45) is 5.40. The van der Waals surface area contributed by atoms with E-state index in [9.17, 15) is 14.4 Å². The lowest BCUT2D eigenvalue weighted by Crippen LogP contribution is -2.31. The molecular weight excluding hydrogens is 388 g/mol. The third-order valence-corrected chi connectivity index (χ3v) is 4.13. The molecular formula is C22H32N2O6. The van der Waals surface area contributed by atoms with Crippen molar-refractivity contribution in [1.82, 2.24) is 5.32 Å².